The number of carbonyl (C=O) groups is 4. The summed E-state index contributed by atoms with van der Waals surface area (Å²) in [6.45, 7) is 12.0. The Hall–Kier alpha value is -1.94. The van der Waals surface area contributed by atoms with Gasteiger partial charge in [0.2, 0.25) is 0 Å². The lowest BCUT2D eigenvalue weighted by atomic mass is 9.99. The minimum absolute atomic E-state index is 0.107. The highest BCUT2D eigenvalue weighted by Gasteiger charge is 2.30. The predicted octanol–water partition coefficient (Wildman–Crippen LogP) is 25.7. The van der Waals surface area contributed by atoms with E-state index in [1.54, 1.807) is 0 Å². The first-order valence-electron chi connectivity index (χ1n) is 43.9. The molecule has 0 saturated heterocycles. The van der Waals surface area contributed by atoms with Crippen molar-refractivity contribution in [3.8, 4) is 0 Å². The van der Waals surface area contributed by atoms with Crippen LogP contribution in [0.1, 0.15) is 447 Å². The number of unbranched alkanes of at least 4 members (excludes halogenated alkanes) is 50. The van der Waals surface area contributed by atoms with Gasteiger partial charge in [-0.1, -0.05) is 395 Å². The van der Waals surface area contributed by atoms with Crippen molar-refractivity contribution in [1.29, 1.82) is 0 Å². The quantitative estimate of drug-likeness (QED) is 0.0222. The second-order valence-corrected chi connectivity index (χ2v) is 34.7. The standard InChI is InChI=1S/C85H166O17P2/c1-8-10-11-12-13-14-15-16-17-18-19-20-28-33-38-47-54-61-68-84(89)101-80(72-95-82(87)66-59-52-45-37-32-27-23-21-25-30-35-42-49-56-63-76(3)4)74-99-103(91,92)97-70-79(86)71-98-104(93,94)100-75-81(73-96-83(88)67-60-53-46-41-40-44-51-58-65-78(7)9-2)102-85(90)69-62-55-48-39-34-29-24-22-26-31-36-43-50-57-64-77(5)6/h76-81,86H,8-75H2,1-7H3,(H,91,92)(H,93,94)/t78?,79-,80-,81-/m1/s1. The van der Waals surface area contributed by atoms with E-state index in [0.717, 1.165) is 108 Å². The fourth-order valence-corrected chi connectivity index (χ4v) is 14.7. The van der Waals surface area contributed by atoms with Gasteiger partial charge in [0.25, 0.3) is 0 Å². The topological polar surface area (TPSA) is 237 Å². The monoisotopic (exact) mass is 1520 g/mol. The number of aliphatic hydroxyl groups excluding tert-OH is 1. The van der Waals surface area contributed by atoms with Crippen molar-refractivity contribution in [3.63, 3.8) is 0 Å². The van der Waals surface area contributed by atoms with E-state index in [1.807, 2.05) is 0 Å². The molecular formula is C85H166O17P2. The number of carbonyl (C=O) groups excluding carboxylic acids is 4. The van der Waals surface area contributed by atoms with Crippen LogP contribution < -0.4 is 0 Å². The highest BCUT2D eigenvalue weighted by molar-refractivity contribution is 7.47. The highest BCUT2D eigenvalue weighted by Crippen LogP contribution is 2.45. The third-order valence-corrected chi connectivity index (χ3v) is 22.1. The zero-order chi connectivity index (χ0) is 76.5. The molecule has 0 amide bonds. The van der Waals surface area contributed by atoms with Crippen LogP contribution in [0, 0.1) is 17.8 Å². The summed E-state index contributed by atoms with van der Waals surface area (Å²) in [6.07, 6.45) is 65.1. The fraction of sp³-hybridized carbons (Fsp3) is 0.953. The largest absolute Gasteiger partial charge is 0.472 e. The first-order valence-corrected chi connectivity index (χ1v) is 46.9. The first kappa shape index (κ1) is 102. The summed E-state index contributed by atoms with van der Waals surface area (Å²) >= 11 is 0. The number of esters is 4. The van der Waals surface area contributed by atoms with Gasteiger partial charge in [-0.05, 0) is 43.4 Å². The molecule has 0 aliphatic rings. The van der Waals surface area contributed by atoms with Gasteiger partial charge >= 0.3 is 39.5 Å². The minimum atomic E-state index is -4.97. The van der Waals surface area contributed by atoms with E-state index in [-0.39, 0.29) is 25.7 Å². The first-order chi connectivity index (χ1) is 50.3. The summed E-state index contributed by atoms with van der Waals surface area (Å²) in [4.78, 5) is 73.2. The van der Waals surface area contributed by atoms with Crippen LogP contribution in [0.2, 0.25) is 0 Å². The van der Waals surface area contributed by atoms with Crippen molar-refractivity contribution in [2.45, 2.75) is 465 Å². The van der Waals surface area contributed by atoms with Gasteiger partial charge in [0.05, 0.1) is 26.4 Å². The van der Waals surface area contributed by atoms with Crippen molar-refractivity contribution in [2.75, 3.05) is 39.6 Å². The van der Waals surface area contributed by atoms with Crippen LogP contribution in [-0.4, -0.2) is 96.7 Å². The van der Waals surface area contributed by atoms with E-state index in [9.17, 15) is 43.2 Å². The molecule has 0 rings (SSSR count). The van der Waals surface area contributed by atoms with Gasteiger partial charge in [0, 0.05) is 25.7 Å². The van der Waals surface area contributed by atoms with E-state index in [0.29, 0.717) is 25.7 Å². The van der Waals surface area contributed by atoms with Gasteiger partial charge in [-0.3, -0.25) is 37.3 Å². The zero-order valence-electron chi connectivity index (χ0n) is 68.5. The average molecular weight is 1520 g/mol. The maximum atomic E-state index is 13.1. The number of hydrogen-bond acceptors (Lipinski definition) is 15. The predicted molar refractivity (Wildman–Crippen MR) is 428 cm³/mol. The maximum absolute atomic E-state index is 13.1. The molecule has 0 saturated carbocycles. The summed E-state index contributed by atoms with van der Waals surface area (Å²) in [6, 6.07) is 0. The Morgan fingerprint density at radius 3 is 0.731 bits per heavy atom. The molecule has 0 aliphatic heterocycles. The Kier molecular flexibility index (Phi) is 73.7. The fourth-order valence-electron chi connectivity index (χ4n) is 13.2. The zero-order valence-corrected chi connectivity index (χ0v) is 70.3. The average Bonchev–Trinajstić information content (AvgIpc) is 0.914. The number of ether oxygens (including phenoxy) is 4. The third kappa shape index (κ3) is 76.8. The Balaban J connectivity index is 5.27. The lowest BCUT2D eigenvalue weighted by Gasteiger charge is -2.21. The molecule has 6 atom stereocenters. The van der Waals surface area contributed by atoms with Crippen LogP contribution in [-0.2, 0) is 65.4 Å². The Morgan fingerprint density at radius 1 is 0.279 bits per heavy atom. The van der Waals surface area contributed by atoms with Crippen LogP contribution >= 0.6 is 15.6 Å². The third-order valence-electron chi connectivity index (χ3n) is 20.2. The van der Waals surface area contributed by atoms with Crippen LogP contribution in [0.4, 0.5) is 0 Å². The molecular weight excluding hydrogens is 1350 g/mol. The Morgan fingerprint density at radius 2 is 0.490 bits per heavy atom. The highest BCUT2D eigenvalue weighted by atomic mass is 31.2. The van der Waals surface area contributed by atoms with Gasteiger partial charge in [-0.15, -0.1) is 0 Å². The number of phosphoric acid groups is 2. The van der Waals surface area contributed by atoms with Crippen LogP contribution in [0.15, 0.2) is 0 Å². The molecule has 0 spiro atoms. The van der Waals surface area contributed by atoms with E-state index < -0.39 is 97.5 Å². The second kappa shape index (κ2) is 75.1. The maximum Gasteiger partial charge on any atom is 0.472 e. The van der Waals surface area contributed by atoms with Crippen molar-refractivity contribution < 1.29 is 80.2 Å². The molecule has 3 N–H and O–H groups in total. The summed E-state index contributed by atoms with van der Waals surface area (Å²) < 4.78 is 68.9. The molecule has 0 aliphatic carbocycles. The second-order valence-electron chi connectivity index (χ2n) is 31.8. The molecule has 0 aromatic rings. The van der Waals surface area contributed by atoms with Crippen molar-refractivity contribution in [2.24, 2.45) is 17.8 Å². The van der Waals surface area contributed by atoms with E-state index in [1.165, 1.54) is 257 Å². The van der Waals surface area contributed by atoms with Gasteiger partial charge in [-0.25, -0.2) is 9.13 Å². The summed E-state index contributed by atoms with van der Waals surface area (Å²) in [5.41, 5.74) is 0. The van der Waals surface area contributed by atoms with E-state index >= 15 is 0 Å². The Bertz CT molecular complexity index is 2010. The normalized spacial score (nSPS) is 14.2. The Labute approximate surface area is 638 Å². The molecule has 19 heteroatoms. The molecule has 0 fully saturated rings. The SMILES string of the molecule is CCCCCCCCCCCCCCCCCCCCC(=O)O[C@H](COC(=O)CCCCCCCCCCCCCCCCC(C)C)COP(=O)(O)OC[C@@H](O)COP(=O)(O)OC[C@@H](COC(=O)CCCCCCCCCCC(C)CC)OC(=O)CCCCCCCCCCCCCCCCC(C)C. The molecule has 0 aromatic heterocycles. The van der Waals surface area contributed by atoms with Crippen LogP contribution in [0.25, 0.3) is 0 Å². The molecule has 0 radical (unpaired) electrons. The molecule has 0 heterocycles. The molecule has 618 valence electrons. The van der Waals surface area contributed by atoms with Crippen molar-refractivity contribution >= 4 is 39.5 Å². The van der Waals surface area contributed by atoms with Gasteiger partial charge < -0.3 is 33.8 Å². The molecule has 104 heavy (non-hydrogen) atoms. The van der Waals surface area contributed by atoms with Crippen molar-refractivity contribution in [3.05, 3.63) is 0 Å². The molecule has 17 nitrogen and oxygen atoms in total. The molecule has 0 aromatic carbocycles. The van der Waals surface area contributed by atoms with E-state index in [2.05, 4.69) is 48.5 Å². The van der Waals surface area contributed by atoms with Gasteiger partial charge in [-0.2, -0.15) is 0 Å². The van der Waals surface area contributed by atoms with Gasteiger partial charge in [0.15, 0.2) is 12.2 Å². The number of rotatable bonds is 83. The summed E-state index contributed by atoms with van der Waals surface area (Å²) in [5, 5.41) is 10.7. The van der Waals surface area contributed by atoms with Crippen LogP contribution in [0.5, 0.6) is 0 Å². The summed E-state index contributed by atoms with van der Waals surface area (Å²) in [7, 11) is -9.93. The minimum Gasteiger partial charge on any atom is -0.462 e. The number of aliphatic hydroxyl groups is 1. The van der Waals surface area contributed by atoms with Crippen molar-refractivity contribution in [1.82, 2.24) is 0 Å². The lowest BCUT2D eigenvalue weighted by molar-refractivity contribution is -0.161. The lowest BCUT2D eigenvalue weighted by Crippen LogP contribution is -2.30. The summed E-state index contributed by atoms with van der Waals surface area (Å²) in [5.74, 6) is 0.267. The molecule has 0 bridgehead atoms. The van der Waals surface area contributed by atoms with E-state index in [4.69, 9.17) is 37.0 Å². The van der Waals surface area contributed by atoms with Gasteiger partial charge in [0.1, 0.15) is 19.3 Å². The number of hydrogen-bond donors (Lipinski definition) is 3. The number of phosphoric ester groups is 2. The molecule has 3 unspecified atom stereocenters. The van der Waals surface area contributed by atoms with Crippen LogP contribution in [0.3, 0.4) is 0 Å². The smallest absolute Gasteiger partial charge is 0.462 e.